The fourth-order valence-corrected chi connectivity index (χ4v) is 10.5. The Labute approximate surface area is 457 Å². The number of carbonyl (C=O) groups is 1. The van der Waals surface area contributed by atoms with E-state index in [0.717, 1.165) is 44.9 Å². The maximum absolute atomic E-state index is 13.1. The first-order valence-corrected chi connectivity index (χ1v) is 31.6. The fraction of sp³-hybridized carbons (Fsp3) is 0.984. The third-order valence-electron chi connectivity index (χ3n) is 15.6. The standard InChI is InChI=1S/C61H118O14/c1-3-5-7-9-11-13-15-17-19-20-21-22-23-24-25-26-27-28-29-31-33-35-37-39-41-43-45-70-47-50(73-53(63)44-42-40-38-36-34-32-30-18-16-14-12-10-8-6-4-2)48-71-60-59(69)57(67)55(65)52(75-60)49-72-61-58(68)56(66)54(64)51(46-62)74-61/h50-52,54-62,64-69H,3-49H2,1-2H3. The van der Waals surface area contributed by atoms with E-state index >= 15 is 0 Å². The first-order valence-electron chi connectivity index (χ1n) is 31.6. The van der Waals surface area contributed by atoms with Crippen LogP contribution in [0.2, 0.25) is 0 Å². The average Bonchev–Trinajstić information content (AvgIpc) is 3.41. The molecule has 2 fully saturated rings. The highest BCUT2D eigenvalue weighted by molar-refractivity contribution is 5.69. The Balaban J connectivity index is 1.64. The van der Waals surface area contributed by atoms with Gasteiger partial charge in [-0.25, -0.2) is 0 Å². The van der Waals surface area contributed by atoms with Gasteiger partial charge in [0.1, 0.15) is 54.9 Å². The molecule has 0 aliphatic carbocycles. The van der Waals surface area contributed by atoms with E-state index in [1.165, 1.54) is 218 Å². The molecular formula is C61H118O14. The third kappa shape index (κ3) is 35.4. The highest BCUT2D eigenvalue weighted by Crippen LogP contribution is 2.27. The van der Waals surface area contributed by atoms with E-state index in [2.05, 4.69) is 13.8 Å². The van der Waals surface area contributed by atoms with Crippen molar-refractivity contribution >= 4 is 5.97 Å². The van der Waals surface area contributed by atoms with Gasteiger partial charge in [-0.2, -0.15) is 0 Å². The zero-order valence-corrected chi connectivity index (χ0v) is 48.1. The monoisotopic (exact) mass is 1070 g/mol. The lowest BCUT2D eigenvalue weighted by atomic mass is 9.98. The second-order valence-electron chi connectivity index (χ2n) is 22.6. The molecule has 0 bridgehead atoms. The molecule has 2 rings (SSSR count). The number of esters is 1. The summed E-state index contributed by atoms with van der Waals surface area (Å²) in [6.45, 7) is 3.77. The highest BCUT2D eigenvalue weighted by atomic mass is 16.7. The van der Waals surface area contributed by atoms with E-state index in [0.29, 0.717) is 6.61 Å². The Morgan fingerprint density at radius 3 is 1.08 bits per heavy atom. The van der Waals surface area contributed by atoms with Crippen LogP contribution >= 0.6 is 0 Å². The maximum atomic E-state index is 13.1. The topological polar surface area (TPSA) is 214 Å². The molecule has 11 atom stereocenters. The smallest absolute Gasteiger partial charge is 0.306 e. The number of hydrogen-bond donors (Lipinski definition) is 7. The largest absolute Gasteiger partial charge is 0.457 e. The number of aliphatic hydroxyl groups is 7. The van der Waals surface area contributed by atoms with Gasteiger partial charge in [-0.05, 0) is 12.8 Å². The molecule has 2 saturated heterocycles. The second-order valence-corrected chi connectivity index (χ2v) is 22.6. The van der Waals surface area contributed by atoms with Crippen molar-refractivity contribution in [2.75, 3.05) is 33.0 Å². The quantitative estimate of drug-likeness (QED) is 0.0223. The molecule has 0 saturated carbocycles. The van der Waals surface area contributed by atoms with Crippen LogP contribution in [0, 0.1) is 0 Å². The van der Waals surface area contributed by atoms with E-state index in [4.69, 9.17) is 28.4 Å². The lowest BCUT2D eigenvalue weighted by Crippen LogP contribution is -2.61. The van der Waals surface area contributed by atoms with Crippen LogP contribution in [-0.4, -0.2) is 142 Å². The summed E-state index contributed by atoms with van der Waals surface area (Å²) in [5.41, 5.74) is 0. The van der Waals surface area contributed by atoms with Gasteiger partial charge in [-0.1, -0.05) is 264 Å². The maximum Gasteiger partial charge on any atom is 0.306 e. The molecule has 2 heterocycles. The minimum absolute atomic E-state index is 0.0711. The molecule has 14 heteroatoms. The molecule has 14 nitrogen and oxygen atoms in total. The summed E-state index contributed by atoms with van der Waals surface area (Å²) in [6, 6.07) is 0. The minimum Gasteiger partial charge on any atom is -0.457 e. The predicted molar refractivity (Wildman–Crippen MR) is 298 cm³/mol. The molecule has 0 amide bonds. The van der Waals surface area contributed by atoms with Gasteiger partial charge in [0.2, 0.25) is 0 Å². The molecule has 7 N–H and O–H groups in total. The number of ether oxygens (including phenoxy) is 6. The molecule has 0 aromatic heterocycles. The molecule has 11 unspecified atom stereocenters. The van der Waals surface area contributed by atoms with Crippen LogP contribution in [0.25, 0.3) is 0 Å². The molecule has 446 valence electrons. The van der Waals surface area contributed by atoms with Crippen LogP contribution in [-0.2, 0) is 33.2 Å². The zero-order chi connectivity index (χ0) is 54.4. The van der Waals surface area contributed by atoms with E-state index in [1.807, 2.05) is 0 Å². The minimum atomic E-state index is -1.70. The first-order chi connectivity index (χ1) is 36.6. The molecule has 0 aromatic carbocycles. The van der Waals surface area contributed by atoms with Crippen LogP contribution in [0.15, 0.2) is 0 Å². The van der Waals surface area contributed by atoms with E-state index in [1.54, 1.807) is 0 Å². The summed E-state index contributed by atoms with van der Waals surface area (Å²) in [4.78, 5) is 13.1. The van der Waals surface area contributed by atoms with Crippen molar-refractivity contribution in [3.8, 4) is 0 Å². The fourth-order valence-electron chi connectivity index (χ4n) is 10.5. The average molecular weight is 1080 g/mol. The van der Waals surface area contributed by atoms with Crippen molar-refractivity contribution in [3.63, 3.8) is 0 Å². The summed E-state index contributed by atoms with van der Waals surface area (Å²) in [5.74, 6) is -0.367. The Morgan fingerprint density at radius 2 is 0.707 bits per heavy atom. The second kappa shape index (κ2) is 48.9. The van der Waals surface area contributed by atoms with Crippen LogP contribution in [0.3, 0.4) is 0 Å². The van der Waals surface area contributed by atoms with Gasteiger partial charge < -0.3 is 64.2 Å². The van der Waals surface area contributed by atoms with Crippen LogP contribution in [0.1, 0.15) is 284 Å². The lowest BCUT2D eigenvalue weighted by molar-refractivity contribution is -0.332. The summed E-state index contributed by atoms with van der Waals surface area (Å²) in [7, 11) is 0. The van der Waals surface area contributed by atoms with E-state index in [-0.39, 0.29) is 25.6 Å². The van der Waals surface area contributed by atoms with Crippen molar-refractivity contribution in [2.24, 2.45) is 0 Å². The Morgan fingerprint density at radius 1 is 0.387 bits per heavy atom. The van der Waals surface area contributed by atoms with Crippen LogP contribution < -0.4 is 0 Å². The summed E-state index contributed by atoms with van der Waals surface area (Å²) >= 11 is 0. The summed E-state index contributed by atoms with van der Waals surface area (Å²) < 4.78 is 34.5. The normalized spacial score (nSPS) is 24.5. The number of aliphatic hydroxyl groups excluding tert-OH is 7. The van der Waals surface area contributed by atoms with Gasteiger partial charge in [0.15, 0.2) is 12.6 Å². The van der Waals surface area contributed by atoms with Crippen molar-refractivity contribution in [2.45, 2.75) is 351 Å². The van der Waals surface area contributed by atoms with Gasteiger partial charge in [-0.3, -0.25) is 4.79 Å². The molecule has 2 aliphatic rings. The molecular weight excluding hydrogens is 957 g/mol. The van der Waals surface area contributed by atoms with Gasteiger partial charge >= 0.3 is 5.97 Å². The van der Waals surface area contributed by atoms with Gasteiger partial charge in [0.05, 0.1) is 26.4 Å². The Bertz CT molecular complexity index is 1250. The number of rotatable bonds is 53. The Hall–Kier alpha value is -1.01. The number of carbonyl (C=O) groups excluding carboxylic acids is 1. The summed E-state index contributed by atoms with van der Waals surface area (Å²) in [5, 5.41) is 72.4. The molecule has 0 radical (unpaired) electrons. The van der Waals surface area contributed by atoms with Crippen molar-refractivity contribution in [1.82, 2.24) is 0 Å². The van der Waals surface area contributed by atoms with Gasteiger partial charge in [-0.15, -0.1) is 0 Å². The highest BCUT2D eigenvalue weighted by Gasteiger charge is 2.47. The SMILES string of the molecule is CCCCCCCCCCCCCCCCCCCCCCCCCCCCOCC(COC1OC(COC2OC(CO)C(O)C(O)C2O)C(O)C(O)C1O)OC(=O)CCCCCCCCCCCCCCCCC. The first kappa shape index (κ1) is 70.1. The molecule has 2 aliphatic heterocycles. The molecule has 0 aromatic rings. The Kier molecular flexibility index (Phi) is 45.7. The van der Waals surface area contributed by atoms with Crippen molar-refractivity contribution < 1.29 is 69.0 Å². The van der Waals surface area contributed by atoms with Crippen molar-refractivity contribution in [3.05, 3.63) is 0 Å². The zero-order valence-electron chi connectivity index (χ0n) is 48.1. The van der Waals surface area contributed by atoms with Crippen molar-refractivity contribution in [1.29, 1.82) is 0 Å². The number of hydrogen-bond acceptors (Lipinski definition) is 14. The molecule has 0 spiro atoms. The van der Waals surface area contributed by atoms with Gasteiger partial charge in [0, 0.05) is 13.0 Å². The van der Waals surface area contributed by atoms with Crippen LogP contribution in [0.5, 0.6) is 0 Å². The van der Waals surface area contributed by atoms with Crippen LogP contribution in [0.4, 0.5) is 0 Å². The summed E-state index contributed by atoms with van der Waals surface area (Å²) in [6.07, 6.45) is 37.5. The van der Waals surface area contributed by atoms with Gasteiger partial charge in [0.25, 0.3) is 0 Å². The number of unbranched alkanes of at least 4 members (excludes halogenated alkanes) is 39. The van der Waals surface area contributed by atoms with E-state index < -0.39 is 80.7 Å². The van der Waals surface area contributed by atoms with E-state index in [9.17, 15) is 40.5 Å². The lowest BCUT2D eigenvalue weighted by Gasteiger charge is -2.42. The third-order valence-corrected chi connectivity index (χ3v) is 15.6. The molecule has 75 heavy (non-hydrogen) atoms. The predicted octanol–water partition coefficient (Wildman–Crippen LogP) is 12.0.